The van der Waals surface area contributed by atoms with Crippen LogP contribution in [0.25, 0.3) is 17.3 Å². The molecule has 0 fully saturated rings. The van der Waals surface area contributed by atoms with Gasteiger partial charge in [-0.25, -0.2) is 4.98 Å². The Morgan fingerprint density at radius 3 is 2.80 bits per heavy atom. The van der Waals surface area contributed by atoms with Crippen molar-refractivity contribution in [2.24, 2.45) is 0 Å². The van der Waals surface area contributed by atoms with E-state index in [9.17, 15) is 4.79 Å². The van der Waals surface area contributed by atoms with E-state index < -0.39 is 0 Å². The van der Waals surface area contributed by atoms with Crippen molar-refractivity contribution < 1.29 is 9.21 Å². The number of aromatic nitrogens is 5. The zero-order chi connectivity index (χ0) is 24.0. The second-order valence-electron chi connectivity index (χ2n) is 7.65. The van der Waals surface area contributed by atoms with E-state index in [-0.39, 0.29) is 5.91 Å². The van der Waals surface area contributed by atoms with Crippen LogP contribution in [0, 0.1) is 6.92 Å². The summed E-state index contributed by atoms with van der Waals surface area (Å²) < 4.78 is 7.59. The maximum atomic E-state index is 12.5. The maximum Gasteiger partial charge on any atom is 0.270 e. The molecule has 0 bridgehead atoms. The molecule has 35 heavy (non-hydrogen) atoms. The van der Waals surface area contributed by atoms with Gasteiger partial charge in [-0.05, 0) is 42.8 Å². The molecule has 0 unspecified atom stereocenters. The first kappa shape index (κ1) is 23.0. The van der Waals surface area contributed by atoms with Gasteiger partial charge in [0.1, 0.15) is 10.7 Å². The summed E-state index contributed by atoms with van der Waals surface area (Å²) in [6.45, 7) is 2.56. The van der Waals surface area contributed by atoms with Crippen LogP contribution in [0.3, 0.4) is 0 Å². The molecule has 0 saturated heterocycles. The second-order valence-corrected chi connectivity index (χ2v) is 9.53. The Labute approximate surface area is 210 Å². The molecule has 1 amide bonds. The minimum Gasteiger partial charge on any atom is -0.461 e. The Morgan fingerprint density at radius 1 is 1.11 bits per heavy atom. The summed E-state index contributed by atoms with van der Waals surface area (Å²) >= 11 is 2.97. The van der Waals surface area contributed by atoms with Gasteiger partial charge in [-0.2, -0.15) is 0 Å². The van der Waals surface area contributed by atoms with Crippen LogP contribution in [0.1, 0.15) is 26.8 Å². The molecule has 0 radical (unpaired) electrons. The molecule has 4 heterocycles. The molecule has 5 aromatic rings. The van der Waals surface area contributed by atoms with Gasteiger partial charge >= 0.3 is 0 Å². The lowest BCUT2D eigenvalue weighted by atomic mass is 10.2. The van der Waals surface area contributed by atoms with Crippen molar-refractivity contribution in [3.63, 3.8) is 0 Å². The third kappa shape index (κ3) is 5.33. The largest absolute Gasteiger partial charge is 0.461 e. The van der Waals surface area contributed by atoms with Crippen LogP contribution < -0.4 is 5.32 Å². The van der Waals surface area contributed by atoms with Crippen LogP contribution in [-0.2, 0) is 12.2 Å². The SMILES string of the molecule is Cc1ccccc1-n1c(SCc2nc(C(=O)NCCc3ccccn3)cs2)nnc1-c1ccco1. The van der Waals surface area contributed by atoms with Gasteiger partial charge < -0.3 is 9.73 Å². The number of carbonyl (C=O) groups is 1. The maximum absolute atomic E-state index is 12.5. The molecule has 4 aromatic heterocycles. The van der Waals surface area contributed by atoms with Crippen LogP contribution >= 0.6 is 23.1 Å². The first-order valence-electron chi connectivity index (χ1n) is 11.0. The predicted octanol–water partition coefficient (Wildman–Crippen LogP) is 4.95. The van der Waals surface area contributed by atoms with Gasteiger partial charge in [0.25, 0.3) is 5.91 Å². The molecule has 0 atom stereocenters. The highest BCUT2D eigenvalue weighted by atomic mass is 32.2. The van der Waals surface area contributed by atoms with Crippen LogP contribution in [0.2, 0.25) is 0 Å². The summed E-state index contributed by atoms with van der Waals surface area (Å²) in [6.07, 6.45) is 4.04. The van der Waals surface area contributed by atoms with Gasteiger partial charge in [0.2, 0.25) is 5.82 Å². The van der Waals surface area contributed by atoms with Gasteiger partial charge in [0, 0.05) is 30.2 Å². The smallest absolute Gasteiger partial charge is 0.270 e. The fourth-order valence-corrected chi connectivity index (χ4v) is 5.25. The molecular weight excluding hydrogens is 480 g/mol. The molecule has 0 aliphatic heterocycles. The van der Waals surface area contributed by atoms with Gasteiger partial charge in [0.05, 0.1) is 17.7 Å². The van der Waals surface area contributed by atoms with E-state index in [1.807, 2.05) is 53.1 Å². The molecule has 176 valence electrons. The molecule has 5 rings (SSSR count). The number of carbonyl (C=O) groups excluding carboxylic acids is 1. The summed E-state index contributed by atoms with van der Waals surface area (Å²) in [4.78, 5) is 21.3. The van der Waals surface area contributed by atoms with E-state index in [2.05, 4.69) is 38.5 Å². The Hall–Kier alpha value is -3.76. The molecule has 0 aliphatic carbocycles. The number of thioether (sulfide) groups is 1. The predicted molar refractivity (Wildman–Crippen MR) is 136 cm³/mol. The summed E-state index contributed by atoms with van der Waals surface area (Å²) in [7, 11) is 0. The van der Waals surface area contributed by atoms with Crippen molar-refractivity contribution in [2.75, 3.05) is 6.54 Å². The molecule has 0 saturated carbocycles. The normalized spacial score (nSPS) is 11.0. The highest BCUT2D eigenvalue weighted by molar-refractivity contribution is 7.98. The van der Waals surface area contributed by atoms with E-state index in [1.54, 1.807) is 17.8 Å². The lowest BCUT2D eigenvalue weighted by Crippen LogP contribution is -2.26. The molecule has 8 nitrogen and oxygen atoms in total. The number of benzene rings is 1. The number of thiazole rings is 1. The number of aryl methyl sites for hydroxylation is 1. The molecular formula is C25H22N6O2S2. The van der Waals surface area contributed by atoms with Crippen LogP contribution in [0.5, 0.6) is 0 Å². The van der Waals surface area contributed by atoms with Gasteiger partial charge in [0.15, 0.2) is 10.9 Å². The Kier molecular flexibility index (Phi) is 7.01. The first-order chi connectivity index (χ1) is 17.2. The van der Waals surface area contributed by atoms with Crippen LogP contribution in [0.15, 0.2) is 82.0 Å². The zero-order valence-corrected chi connectivity index (χ0v) is 20.6. The van der Waals surface area contributed by atoms with Crippen molar-refractivity contribution in [3.8, 4) is 17.3 Å². The van der Waals surface area contributed by atoms with Crippen molar-refractivity contribution in [1.29, 1.82) is 0 Å². The molecule has 0 aliphatic rings. The van der Waals surface area contributed by atoms with E-state index in [0.29, 0.717) is 36.0 Å². The van der Waals surface area contributed by atoms with Crippen LogP contribution in [0.4, 0.5) is 0 Å². The number of furan rings is 1. The van der Waals surface area contributed by atoms with Crippen LogP contribution in [-0.4, -0.2) is 37.2 Å². The molecule has 10 heteroatoms. The third-order valence-electron chi connectivity index (χ3n) is 5.23. The Bertz CT molecular complexity index is 1410. The minimum atomic E-state index is -0.184. The number of nitrogens with zero attached hydrogens (tertiary/aromatic N) is 5. The highest BCUT2D eigenvalue weighted by Crippen LogP contribution is 2.31. The average molecular weight is 503 g/mol. The van der Waals surface area contributed by atoms with E-state index in [4.69, 9.17) is 4.42 Å². The lowest BCUT2D eigenvalue weighted by molar-refractivity contribution is 0.0949. The van der Waals surface area contributed by atoms with Gasteiger partial charge in [-0.15, -0.1) is 21.5 Å². The molecule has 1 aromatic carbocycles. The number of nitrogens with one attached hydrogen (secondary N) is 1. The lowest BCUT2D eigenvalue weighted by Gasteiger charge is -2.11. The zero-order valence-electron chi connectivity index (χ0n) is 18.9. The topological polar surface area (TPSA) is 98.7 Å². The summed E-state index contributed by atoms with van der Waals surface area (Å²) in [5.74, 6) is 1.66. The molecule has 0 spiro atoms. The second kappa shape index (κ2) is 10.7. The van der Waals surface area contributed by atoms with Crippen molar-refractivity contribution in [3.05, 3.63) is 94.4 Å². The number of pyridine rings is 1. The van der Waals surface area contributed by atoms with E-state index in [0.717, 1.165) is 27.1 Å². The number of rotatable bonds is 9. The van der Waals surface area contributed by atoms with Crippen molar-refractivity contribution >= 4 is 29.0 Å². The number of hydrogen-bond donors (Lipinski definition) is 1. The first-order valence-corrected chi connectivity index (χ1v) is 12.9. The fraction of sp³-hybridized carbons (Fsp3) is 0.160. The average Bonchev–Trinajstić information content (AvgIpc) is 3.64. The van der Waals surface area contributed by atoms with Gasteiger partial charge in [-0.1, -0.05) is 36.0 Å². The van der Waals surface area contributed by atoms with Gasteiger partial charge in [-0.3, -0.25) is 14.3 Å². The number of para-hydroxylation sites is 1. The number of amides is 1. The summed E-state index contributed by atoms with van der Waals surface area (Å²) in [5, 5.41) is 15.1. The standard InChI is InChI=1S/C25H22N6O2S2/c1-17-7-2-3-9-20(17)31-23(21-10-6-14-33-21)29-30-25(31)35-16-22-28-19(15-34-22)24(32)27-13-11-18-8-4-5-12-26-18/h2-10,12,14-15H,11,13,16H2,1H3,(H,27,32). The highest BCUT2D eigenvalue weighted by Gasteiger charge is 2.20. The van der Waals surface area contributed by atoms with E-state index >= 15 is 0 Å². The Balaban J connectivity index is 1.27. The van der Waals surface area contributed by atoms with Crippen molar-refractivity contribution in [2.45, 2.75) is 24.3 Å². The minimum absolute atomic E-state index is 0.184. The van der Waals surface area contributed by atoms with Crippen molar-refractivity contribution in [1.82, 2.24) is 30.0 Å². The Morgan fingerprint density at radius 2 is 2.00 bits per heavy atom. The summed E-state index contributed by atoms with van der Waals surface area (Å²) in [5.41, 5.74) is 3.44. The van der Waals surface area contributed by atoms with E-state index in [1.165, 1.54) is 23.1 Å². The number of hydrogen-bond acceptors (Lipinski definition) is 8. The third-order valence-corrected chi connectivity index (χ3v) is 7.20. The summed E-state index contributed by atoms with van der Waals surface area (Å²) in [6, 6.07) is 17.5. The monoisotopic (exact) mass is 502 g/mol. The fourth-order valence-electron chi connectivity index (χ4n) is 3.51. The molecule has 1 N–H and O–H groups in total. The quantitative estimate of drug-likeness (QED) is 0.285.